The Bertz CT molecular complexity index is 293. The van der Waals surface area contributed by atoms with Crippen molar-refractivity contribution in [1.29, 1.82) is 0 Å². The van der Waals surface area contributed by atoms with Gasteiger partial charge in [-0.25, -0.2) is 5.43 Å². The molecule has 0 unspecified atom stereocenters. The summed E-state index contributed by atoms with van der Waals surface area (Å²) in [5.41, 5.74) is 2.14. The van der Waals surface area contributed by atoms with Crippen LogP contribution in [0.1, 0.15) is 12.8 Å². The lowest BCUT2D eigenvalue weighted by Crippen LogP contribution is -2.57. The molecule has 1 N–H and O–H groups in total. The molecular formula is C6H10N5O2+. The number of hydrogen-bond donors (Lipinski definition) is 1. The fourth-order valence-electron chi connectivity index (χ4n) is 1.37. The average Bonchev–Trinajstić information content (AvgIpc) is 2.70. The van der Waals surface area contributed by atoms with Gasteiger partial charge < -0.3 is 0 Å². The summed E-state index contributed by atoms with van der Waals surface area (Å²) < 4.78 is 4.78. The summed E-state index contributed by atoms with van der Waals surface area (Å²) in [7, 11) is 0. The molecule has 13 heavy (non-hydrogen) atoms. The van der Waals surface area contributed by atoms with Crippen molar-refractivity contribution >= 4 is 5.88 Å². The smallest absolute Gasteiger partial charge is 0.278 e. The number of nitrogens with zero attached hydrogens (tertiary/aromatic N) is 4. The number of nitrogens with one attached hydrogen (secondary N) is 1. The lowest BCUT2D eigenvalue weighted by atomic mass is 10.4. The van der Waals surface area contributed by atoms with Crippen LogP contribution in [0.2, 0.25) is 0 Å². The maximum absolute atomic E-state index is 9.83. The van der Waals surface area contributed by atoms with Gasteiger partial charge in [0.2, 0.25) is 5.27 Å². The normalized spacial score (nSPS) is 16.2. The first kappa shape index (κ1) is 7.96. The van der Waals surface area contributed by atoms with E-state index in [1.807, 2.05) is 5.01 Å². The fourth-order valence-corrected chi connectivity index (χ4v) is 1.37. The zero-order valence-corrected chi connectivity index (χ0v) is 7.01. The topological polar surface area (TPSA) is 74.6 Å². The Morgan fingerprint density at radius 1 is 1.62 bits per heavy atom. The van der Waals surface area contributed by atoms with Crippen molar-refractivity contribution in [3.8, 4) is 0 Å². The number of anilines is 1. The van der Waals surface area contributed by atoms with E-state index in [4.69, 9.17) is 4.52 Å². The third kappa shape index (κ3) is 1.58. The predicted octanol–water partition coefficient (Wildman–Crippen LogP) is -0.213. The summed E-state index contributed by atoms with van der Waals surface area (Å²) in [5.74, 6) is 0.252. The molecule has 1 aliphatic rings. The Morgan fingerprint density at radius 3 is 3.08 bits per heavy atom. The first-order valence-corrected chi connectivity index (χ1v) is 4.12. The standard InChI is InChI=1S/C6H9N5O2/c12-8-7-6-5-11(9-13-6)10-3-1-2-4-10/h5H,1-4H2/p+1. The molecule has 2 rings (SSSR count). The highest BCUT2D eigenvalue weighted by Gasteiger charge is 2.23. The van der Waals surface area contributed by atoms with Crippen LogP contribution in [0.5, 0.6) is 0 Å². The zero-order chi connectivity index (χ0) is 9.10. The molecule has 0 saturated carbocycles. The molecule has 0 spiro atoms. The molecule has 0 aliphatic carbocycles. The first-order chi connectivity index (χ1) is 6.40. The van der Waals surface area contributed by atoms with Crippen LogP contribution in [-0.2, 0) is 0 Å². The van der Waals surface area contributed by atoms with Crippen molar-refractivity contribution in [2.75, 3.05) is 23.5 Å². The van der Waals surface area contributed by atoms with Gasteiger partial charge in [0.15, 0.2) is 0 Å². The van der Waals surface area contributed by atoms with E-state index in [0.29, 0.717) is 0 Å². The minimum Gasteiger partial charge on any atom is -0.278 e. The lowest BCUT2D eigenvalue weighted by molar-refractivity contribution is -0.756. The fraction of sp³-hybridized carbons (Fsp3) is 0.667. The molecule has 7 nitrogen and oxygen atoms in total. The minimum absolute atomic E-state index is 0.252. The summed E-state index contributed by atoms with van der Waals surface area (Å²) >= 11 is 0. The second-order valence-corrected chi connectivity index (χ2v) is 2.85. The van der Waals surface area contributed by atoms with E-state index < -0.39 is 0 Å². The average molecular weight is 184 g/mol. The first-order valence-electron chi connectivity index (χ1n) is 4.12. The molecule has 1 saturated heterocycles. The molecule has 0 aromatic carbocycles. The summed E-state index contributed by atoms with van der Waals surface area (Å²) in [6, 6.07) is 0. The highest BCUT2D eigenvalue weighted by molar-refractivity contribution is 5.20. The molecule has 1 aromatic rings. The van der Waals surface area contributed by atoms with Gasteiger partial charge in [0.25, 0.3) is 6.20 Å². The number of nitroso groups, excluding NO2 is 1. The molecule has 1 aliphatic heterocycles. The second kappa shape index (κ2) is 3.38. The molecule has 70 valence electrons. The van der Waals surface area contributed by atoms with Crippen LogP contribution >= 0.6 is 0 Å². The van der Waals surface area contributed by atoms with Crippen molar-refractivity contribution in [1.82, 2.24) is 5.27 Å². The number of aromatic nitrogens is 2. The molecule has 0 amide bonds. The van der Waals surface area contributed by atoms with Crippen molar-refractivity contribution in [2.24, 2.45) is 5.29 Å². The Morgan fingerprint density at radius 2 is 2.38 bits per heavy atom. The van der Waals surface area contributed by atoms with Crippen LogP contribution in [0.15, 0.2) is 16.0 Å². The summed E-state index contributed by atoms with van der Waals surface area (Å²) in [6.45, 7) is 1.93. The van der Waals surface area contributed by atoms with Crippen LogP contribution in [-0.4, -0.2) is 18.4 Å². The Hall–Kier alpha value is -1.66. The van der Waals surface area contributed by atoms with E-state index in [0.717, 1.165) is 25.9 Å². The van der Waals surface area contributed by atoms with Gasteiger partial charge in [0, 0.05) is 0 Å². The van der Waals surface area contributed by atoms with E-state index in [9.17, 15) is 4.91 Å². The SMILES string of the molecule is O=NNc1c[n+](N2CCCC2)no1. The lowest BCUT2D eigenvalue weighted by Gasteiger charge is -2.01. The van der Waals surface area contributed by atoms with Gasteiger partial charge in [-0.2, -0.15) is 5.01 Å². The molecule has 0 bridgehead atoms. The largest absolute Gasteiger partial charge is 0.321 e. The minimum atomic E-state index is 0.252. The van der Waals surface area contributed by atoms with Crippen LogP contribution in [0, 0.1) is 4.91 Å². The quantitative estimate of drug-likeness (QED) is 0.399. The van der Waals surface area contributed by atoms with Crippen molar-refractivity contribution < 1.29 is 9.31 Å². The third-order valence-corrected chi connectivity index (χ3v) is 1.98. The van der Waals surface area contributed by atoms with Gasteiger partial charge in [-0.1, -0.05) is 0 Å². The summed E-state index contributed by atoms with van der Waals surface area (Å²) in [5, 5.41) is 8.23. The molecule has 7 heteroatoms. The van der Waals surface area contributed by atoms with Crippen molar-refractivity contribution in [3.05, 3.63) is 11.1 Å². The van der Waals surface area contributed by atoms with Crippen LogP contribution in [0.4, 0.5) is 5.88 Å². The van der Waals surface area contributed by atoms with Crippen LogP contribution in [0.3, 0.4) is 0 Å². The van der Waals surface area contributed by atoms with E-state index in [1.54, 1.807) is 11.0 Å². The second-order valence-electron chi connectivity index (χ2n) is 2.85. The van der Waals surface area contributed by atoms with Gasteiger partial charge in [0.05, 0.1) is 23.2 Å². The van der Waals surface area contributed by atoms with Gasteiger partial charge >= 0.3 is 5.88 Å². The molecule has 0 radical (unpaired) electrons. The monoisotopic (exact) mass is 184 g/mol. The summed E-state index contributed by atoms with van der Waals surface area (Å²) in [4.78, 5) is 11.4. The predicted molar refractivity (Wildman–Crippen MR) is 43.3 cm³/mol. The molecular weight excluding hydrogens is 174 g/mol. The van der Waals surface area contributed by atoms with Crippen LogP contribution < -0.4 is 15.2 Å². The number of hydrogen-bond acceptors (Lipinski definition) is 5. The Labute approximate surface area is 74.2 Å². The van der Waals surface area contributed by atoms with E-state index in [-0.39, 0.29) is 5.88 Å². The van der Waals surface area contributed by atoms with Gasteiger partial charge in [-0.05, 0) is 12.8 Å². The van der Waals surface area contributed by atoms with Gasteiger partial charge in [0.1, 0.15) is 0 Å². The van der Waals surface area contributed by atoms with Crippen LogP contribution in [0.25, 0.3) is 0 Å². The zero-order valence-electron chi connectivity index (χ0n) is 7.01. The summed E-state index contributed by atoms with van der Waals surface area (Å²) in [6.07, 6.45) is 3.91. The third-order valence-electron chi connectivity index (χ3n) is 1.98. The van der Waals surface area contributed by atoms with Gasteiger partial charge in [-0.3, -0.25) is 4.52 Å². The molecule has 2 heterocycles. The van der Waals surface area contributed by atoms with Crippen molar-refractivity contribution in [3.63, 3.8) is 0 Å². The molecule has 0 atom stereocenters. The maximum atomic E-state index is 9.83. The highest BCUT2D eigenvalue weighted by atomic mass is 16.5. The van der Waals surface area contributed by atoms with Gasteiger partial charge in [-0.15, -0.1) is 4.91 Å². The Kier molecular flexibility index (Phi) is 2.07. The van der Waals surface area contributed by atoms with E-state index >= 15 is 0 Å². The number of rotatable bonds is 3. The van der Waals surface area contributed by atoms with Crippen molar-refractivity contribution in [2.45, 2.75) is 12.8 Å². The molecule has 1 aromatic heterocycles. The highest BCUT2D eigenvalue weighted by Crippen LogP contribution is 2.04. The maximum Gasteiger partial charge on any atom is 0.321 e. The molecule has 1 fully saturated rings. The Balaban J connectivity index is 2.07. The van der Waals surface area contributed by atoms with E-state index in [1.165, 1.54) is 0 Å². The van der Waals surface area contributed by atoms with E-state index in [2.05, 4.69) is 16.0 Å².